The maximum Gasteiger partial charge on any atom is 0.299 e. The summed E-state index contributed by atoms with van der Waals surface area (Å²) in [6.45, 7) is 6.52. The highest BCUT2D eigenvalue weighted by molar-refractivity contribution is 6.31. The van der Waals surface area contributed by atoms with Crippen molar-refractivity contribution in [3.05, 3.63) is 38.5 Å². The van der Waals surface area contributed by atoms with Crippen LogP contribution in [-0.4, -0.2) is 26.4 Å². The van der Waals surface area contributed by atoms with Crippen LogP contribution in [0.1, 0.15) is 24.0 Å². The standard InChI is InChI=1S/C13H17ClN4O2/c1-5-18-10(12(14)9(3)16-18)7-17-11(19)6-8(2)15-13(17)20-4/h6H,5,7H2,1-4H3. The van der Waals surface area contributed by atoms with E-state index in [2.05, 4.69) is 10.1 Å². The molecule has 0 bridgehead atoms. The summed E-state index contributed by atoms with van der Waals surface area (Å²) in [5, 5.41) is 4.91. The average molecular weight is 297 g/mol. The van der Waals surface area contributed by atoms with E-state index in [1.807, 2.05) is 13.8 Å². The lowest BCUT2D eigenvalue weighted by Gasteiger charge is -2.12. The number of aryl methyl sites for hydroxylation is 3. The zero-order chi connectivity index (χ0) is 14.9. The average Bonchev–Trinajstić information content (AvgIpc) is 2.68. The Morgan fingerprint density at radius 3 is 2.70 bits per heavy atom. The summed E-state index contributed by atoms with van der Waals surface area (Å²) in [6, 6.07) is 1.74. The van der Waals surface area contributed by atoms with Crippen molar-refractivity contribution >= 4 is 11.6 Å². The molecule has 0 aromatic carbocycles. The number of nitrogens with zero attached hydrogens (tertiary/aromatic N) is 4. The second kappa shape index (κ2) is 5.66. The van der Waals surface area contributed by atoms with Gasteiger partial charge in [-0.05, 0) is 20.8 Å². The molecule has 2 rings (SSSR count). The van der Waals surface area contributed by atoms with E-state index in [0.29, 0.717) is 17.3 Å². The fourth-order valence-electron chi connectivity index (χ4n) is 2.07. The summed E-state index contributed by atoms with van der Waals surface area (Å²) in [4.78, 5) is 16.3. The molecule has 0 fully saturated rings. The molecule has 0 saturated heterocycles. The minimum absolute atomic E-state index is 0.174. The molecule has 0 aliphatic rings. The van der Waals surface area contributed by atoms with Gasteiger partial charge >= 0.3 is 0 Å². The van der Waals surface area contributed by atoms with Crippen molar-refractivity contribution in [2.24, 2.45) is 0 Å². The minimum Gasteiger partial charge on any atom is -0.468 e. The van der Waals surface area contributed by atoms with Crippen molar-refractivity contribution in [2.45, 2.75) is 33.9 Å². The van der Waals surface area contributed by atoms with Crippen LogP contribution in [0.25, 0.3) is 0 Å². The predicted molar refractivity (Wildman–Crippen MR) is 76.5 cm³/mol. The number of aromatic nitrogens is 4. The molecular formula is C13H17ClN4O2. The van der Waals surface area contributed by atoms with Crippen molar-refractivity contribution in [3.63, 3.8) is 0 Å². The van der Waals surface area contributed by atoms with Gasteiger partial charge in [0.25, 0.3) is 11.6 Å². The molecule has 2 aromatic heterocycles. The van der Waals surface area contributed by atoms with E-state index in [0.717, 1.165) is 11.4 Å². The second-order valence-corrected chi connectivity index (χ2v) is 4.85. The molecule has 6 nitrogen and oxygen atoms in total. The van der Waals surface area contributed by atoms with Gasteiger partial charge in [0.15, 0.2) is 0 Å². The highest BCUT2D eigenvalue weighted by atomic mass is 35.5. The third kappa shape index (κ3) is 2.56. The number of hydrogen-bond donors (Lipinski definition) is 0. The molecule has 0 aliphatic heterocycles. The first-order valence-corrected chi connectivity index (χ1v) is 6.70. The van der Waals surface area contributed by atoms with E-state index in [4.69, 9.17) is 16.3 Å². The molecule has 20 heavy (non-hydrogen) atoms. The highest BCUT2D eigenvalue weighted by Gasteiger charge is 2.16. The van der Waals surface area contributed by atoms with Gasteiger partial charge in [-0.25, -0.2) is 4.98 Å². The largest absolute Gasteiger partial charge is 0.468 e. The first-order chi connectivity index (χ1) is 9.47. The van der Waals surface area contributed by atoms with Gasteiger partial charge in [-0.2, -0.15) is 5.10 Å². The topological polar surface area (TPSA) is 61.9 Å². The Kier molecular flexibility index (Phi) is 4.13. The van der Waals surface area contributed by atoms with Gasteiger partial charge in [0.2, 0.25) is 0 Å². The normalized spacial score (nSPS) is 10.8. The zero-order valence-electron chi connectivity index (χ0n) is 12.0. The van der Waals surface area contributed by atoms with Crippen LogP contribution >= 0.6 is 11.6 Å². The monoisotopic (exact) mass is 296 g/mol. The molecule has 0 unspecified atom stereocenters. The Labute approximate surface area is 122 Å². The lowest BCUT2D eigenvalue weighted by molar-refractivity contribution is 0.347. The molecule has 0 saturated carbocycles. The molecule has 0 N–H and O–H groups in total. The van der Waals surface area contributed by atoms with Crippen LogP contribution in [0.2, 0.25) is 5.02 Å². The quantitative estimate of drug-likeness (QED) is 0.863. The fourth-order valence-corrected chi connectivity index (χ4v) is 2.26. The van der Waals surface area contributed by atoms with E-state index < -0.39 is 0 Å². The SMILES string of the molecule is CCn1nc(C)c(Cl)c1Cn1c(OC)nc(C)cc1=O. The lowest BCUT2D eigenvalue weighted by atomic mass is 10.3. The van der Waals surface area contributed by atoms with Crippen LogP contribution in [0.5, 0.6) is 6.01 Å². The second-order valence-electron chi connectivity index (χ2n) is 4.47. The van der Waals surface area contributed by atoms with Crippen LogP contribution in [0.4, 0.5) is 0 Å². The molecular weight excluding hydrogens is 280 g/mol. The Morgan fingerprint density at radius 2 is 2.10 bits per heavy atom. The molecule has 2 aromatic rings. The number of rotatable bonds is 4. The summed E-state index contributed by atoms with van der Waals surface area (Å²) in [6.07, 6.45) is 0. The third-order valence-corrected chi connectivity index (χ3v) is 3.54. The first-order valence-electron chi connectivity index (χ1n) is 6.32. The Bertz CT molecular complexity index is 690. The molecule has 0 atom stereocenters. The Hall–Kier alpha value is -1.82. The molecule has 0 amide bonds. The summed E-state index contributed by atoms with van der Waals surface area (Å²) in [7, 11) is 1.49. The smallest absolute Gasteiger partial charge is 0.299 e. The van der Waals surface area contributed by atoms with Crippen molar-refractivity contribution in [3.8, 4) is 6.01 Å². The maximum absolute atomic E-state index is 12.1. The minimum atomic E-state index is -0.174. The van der Waals surface area contributed by atoms with Gasteiger partial charge in [0.1, 0.15) is 0 Å². The lowest BCUT2D eigenvalue weighted by Crippen LogP contribution is -2.24. The number of methoxy groups -OCH3 is 1. The van der Waals surface area contributed by atoms with Crippen molar-refractivity contribution in [2.75, 3.05) is 7.11 Å². The van der Waals surface area contributed by atoms with Crippen LogP contribution < -0.4 is 10.3 Å². The fraction of sp³-hybridized carbons (Fsp3) is 0.462. The van der Waals surface area contributed by atoms with Gasteiger partial charge in [0, 0.05) is 18.3 Å². The molecule has 0 spiro atoms. The molecule has 0 aliphatic carbocycles. The van der Waals surface area contributed by atoms with Crippen LogP contribution in [0, 0.1) is 13.8 Å². The van der Waals surface area contributed by atoms with Gasteiger partial charge < -0.3 is 4.74 Å². The summed E-state index contributed by atoms with van der Waals surface area (Å²) in [5.41, 5.74) is 1.97. The van der Waals surface area contributed by atoms with E-state index in [1.165, 1.54) is 17.7 Å². The Balaban J connectivity index is 2.53. The summed E-state index contributed by atoms with van der Waals surface area (Å²) in [5.74, 6) is 0. The van der Waals surface area contributed by atoms with Crippen LogP contribution in [0.3, 0.4) is 0 Å². The van der Waals surface area contributed by atoms with Crippen molar-refractivity contribution < 1.29 is 4.74 Å². The Morgan fingerprint density at radius 1 is 1.40 bits per heavy atom. The van der Waals surface area contributed by atoms with Gasteiger partial charge in [-0.3, -0.25) is 14.0 Å². The summed E-state index contributed by atoms with van der Waals surface area (Å²) >= 11 is 6.26. The maximum atomic E-state index is 12.1. The first kappa shape index (κ1) is 14.6. The molecule has 2 heterocycles. The van der Waals surface area contributed by atoms with Crippen LogP contribution in [0.15, 0.2) is 10.9 Å². The van der Waals surface area contributed by atoms with E-state index >= 15 is 0 Å². The third-order valence-electron chi connectivity index (χ3n) is 3.04. The van der Waals surface area contributed by atoms with Gasteiger partial charge in [0.05, 0.1) is 30.1 Å². The predicted octanol–water partition coefficient (Wildman–Crippen LogP) is 1.79. The number of hydrogen-bond acceptors (Lipinski definition) is 4. The van der Waals surface area contributed by atoms with E-state index in [1.54, 1.807) is 11.6 Å². The molecule has 108 valence electrons. The van der Waals surface area contributed by atoms with Gasteiger partial charge in [-0.15, -0.1) is 0 Å². The van der Waals surface area contributed by atoms with Crippen molar-refractivity contribution in [1.29, 1.82) is 0 Å². The molecule has 7 heteroatoms. The highest BCUT2D eigenvalue weighted by Crippen LogP contribution is 2.22. The van der Waals surface area contributed by atoms with Crippen LogP contribution in [-0.2, 0) is 13.1 Å². The summed E-state index contributed by atoms with van der Waals surface area (Å²) < 4.78 is 8.41. The van der Waals surface area contributed by atoms with Gasteiger partial charge in [-0.1, -0.05) is 11.6 Å². The number of halogens is 1. The van der Waals surface area contributed by atoms with E-state index in [9.17, 15) is 4.79 Å². The number of ether oxygens (including phenoxy) is 1. The molecule has 0 radical (unpaired) electrons. The zero-order valence-corrected chi connectivity index (χ0v) is 12.7. The van der Waals surface area contributed by atoms with E-state index in [-0.39, 0.29) is 18.1 Å². The van der Waals surface area contributed by atoms with Crippen molar-refractivity contribution in [1.82, 2.24) is 19.3 Å².